The molecule has 0 bridgehead atoms. The summed E-state index contributed by atoms with van der Waals surface area (Å²) in [6.45, 7) is 1.98. The van der Waals surface area contributed by atoms with E-state index >= 15 is 0 Å². The molecule has 1 heterocycles. The summed E-state index contributed by atoms with van der Waals surface area (Å²) in [5.74, 6) is 0. The summed E-state index contributed by atoms with van der Waals surface area (Å²) in [6.07, 6.45) is 0. The molecule has 2 amide bonds. The Bertz CT molecular complexity index is 816. The van der Waals surface area contributed by atoms with E-state index in [9.17, 15) is 4.79 Å². The van der Waals surface area contributed by atoms with Gasteiger partial charge in [0.25, 0.3) is 0 Å². The van der Waals surface area contributed by atoms with Gasteiger partial charge in [0, 0.05) is 10.2 Å². The van der Waals surface area contributed by atoms with Gasteiger partial charge in [-0.2, -0.15) is 0 Å². The molecule has 0 saturated heterocycles. The molecule has 0 unspecified atom stereocenters. The van der Waals surface area contributed by atoms with E-state index in [4.69, 9.17) is 0 Å². The fourth-order valence-electron chi connectivity index (χ4n) is 1.95. The lowest BCUT2D eigenvalue weighted by Crippen LogP contribution is -2.19. The van der Waals surface area contributed by atoms with Crippen LogP contribution >= 0.6 is 27.3 Å². The predicted molar refractivity (Wildman–Crippen MR) is 91.1 cm³/mol. The Morgan fingerprint density at radius 3 is 2.76 bits per heavy atom. The highest BCUT2D eigenvalue weighted by molar-refractivity contribution is 9.10. The molecular formula is C15H12BrN3OS. The molecule has 2 aromatic carbocycles. The number of halogens is 1. The van der Waals surface area contributed by atoms with Gasteiger partial charge in [-0.25, -0.2) is 9.78 Å². The van der Waals surface area contributed by atoms with E-state index < -0.39 is 0 Å². The van der Waals surface area contributed by atoms with Crippen LogP contribution in [0.3, 0.4) is 0 Å². The number of hydrogen-bond acceptors (Lipinski definition) is 3. The third-order valence-corrected chi connectivity index (χ3v) is 4.44. The van der Waals surface area contributed by atoms with Crippen molar-refractivity contribution in [2.75, 3.05) is 10.6 Å². The number of hydrogen-bond donors (Lipinski definition) is 2. The second-order valence-electron chi connectivity index (χ2n) is 4.55. The maximum absolute atomic E-state index is 12.0. The highest BCUT2D eigenvalue weighted by Gasteiger charge is 2.09. The number of anilines is 2. The van der Waals surface area contributed by atoms with Crippen molar-refractivity contribution in [2.24, 2.45) is 0 Å². The number of urea groups is 1. The number of nitrogens with zero attached hydrogens (tertiary/aromatic N) is 1. The highest BCUT2D eigenvalue weighted by atomic mass is 79.9. The highest BCUT2D eigenvalue weighted by Crippen LogP contribution is 2.30. The van der Waals surface area contributed by atoms with Crippen molar-refractivity contribution in [1.29, 1.82) is 0 Å². The van der Waals surface area contributed by atoms with Crippen molar-refractivity contribution in [1.82, 2.24) is 4.98 Å². The van der Waals surface area contributed by atoms with Crippen molar-refractivity contribution in [3.8, 4) is 0 Å². The molecule has 0 aliphatic rings. The Morgan fingerprint density at radius 1 is 1.19 bits per heavy atom. The maximum Gasteiger partial charge on any atom is 0.325 e. The first kappa shape index (κ1) is 14.0. The van der Waals surface area contributed by atoms with Crippen LogP contribution in [0.5, 0.6) is 0 Å². The number of carbonyl (C=O) groups excluding carboxylic acids is 1. The SMILES string of the molecule is Cc1cccc(NC(=O)Nc2nc3c(Br)cccc3s2)c1. The summed E-state index contributed by atoms with van der Waals surface area (Å²) in [5, 5.41) is 6.13. The molecule has 0 aliphatic heterocycles. The predicted octanol–water partition coefficient (Wildman–Crippen LogP) is 5.01. The lowest BCUT2D eigenvalue weighted by atomic mass is 10.2. The fraction of sp³-hybridized carbons (Fsp3) is 0.0667. The van der Waals surface area contributed by atoms with Crippen LogP contribution in [-0.2, 0) is 0 Å². The third kappa shape index (κ3) is 3.22. The van der Waals surface area contributed by atoms with Crippen molar-refractivity contribution in [3.63, 3.8) is 0 Å². The van der Waals surface area contributed by atoms with Crippen LogP contribution in [0.15, 0.2) is 46.9 Å². The average Bonchev–Trinajstić information content (AvgIpc) is 2.82. The van der Waals surface area contributed by atoms with E-state index in [0.29, 0.717) is 5.13 Å². The molecule has 0 fully saturated rings. The molecule has 0 aliphatic carbocycles. The molecular weight excluding hydrogens is 350 g/mol. The summed E-state index contributed by atoms with van der Waals surface area (Å²) in [6, 6.07) is 13.2. The Labute approximate surface area is 134 Å². The monoisotopic (exact) mass is 361 g/mol. The van der Waals surface area contributed by atoms with Gasteiger partial charge >= 0.3 is 6.03 Å². The van der Waals surface area contributed by atoms with Crippen molar-refractivity contribution < 1.29 is 4.79 Å². The second-order valence-corrected chi connectivity index (χ2v) is 6.44. The van der Waals surface area contributed by atoms with Gasteiger partial charge in [0.1, 0.15) is 0 Å². The first-order chi connectivity index (χ1) is 10.1. The molecule has 6 heteroatoms. The zero-order chi connectivity index (χ0) is 14.8. The first-order valence-electron chi connectivity index (χ1n) is 6.31. The van der Waals surface area contributed by atoms with E-state index in [1.165, 1.54) is 11.3 Å². The van der Waals surface area contributed by atoms with E-state index in [-0.39, 0.29) is 6.03 Å². The van der Waals surface area contributed by atoms with Crippen molar-refractivity contribution in [3.05, 3.63) is 52.5 Å². The van der Waals surface area contributed by atoms with E-state index in [1.807, 2.05) is 49.4 Å². The average molecular weight is 362 g/mol. The zero-order valence-electron chi connectivity index (χ0n) is 11.2. The van der Waals surface area contributed by atoms with E-state index in [1.54, 1.807) is 0 Å². The van der Waals surface area contributed by atoms with Crippen molar-refractivity contribution in [2.45, 2.75) is 6.92 Å². The lowest BCUT2D eigenvalue weighted by molar-refractivity contribution is 0.262. The normalized spacial score (nSPS) is 10.6. The number of rotatable bonds is 2. The summed E-state index contributed by atoms with van der Waals surface area (Å²) >= 11 is 4.89. The standard InChI is InChI=1S/C15H12BrN3OS/c1-9-4-2-5-10(8-9)17-14(20)19-15-18-13-11(16)6-3-7-12(13)21-15/h2-8H,1H3,(H2,17,18,19,20). The number of fused-ring (bicyclic) bond motifs is 1. The number of aryl methyl sites for hydroxylation is 1. The Hall–Kier alpha value is -1.92. The van der Waals surface area contributed by atoms with Crippen LogP contribution in [0.25, 0.3) is 10.2 Å². The molecule has 4 nitrogen and oxygen atoms in total. The molecule has 1 aromatic heterocycles. The van der Waals surface area contributed by atoms with Gasteiger partial charge in [0.15, 0.2) is 5.13 Å². The Morgan fingerprint density at radius 2 is 2.00 bits per heavy atom. The minimum absolute atomic E-state index is 0.296. The molecule has 2 N–H and O–H groups in total. The van der Waals surface area contributed by atoms with Gasteiger partial charge in [-0.1, -0.05) is 29.5 Å². The molecule has 0 radical (unpaired) electrons. The number of carbonyl (C=O) groups is 1. The molecule has 21 heavy (non-hydrogen) atoms. The van der Waals surface area contributed by atoms with Crippen LogP contribution in [0.1, 0.15) is 5.56 Å². The summed E-state index contributed by atoms with van der Waals surface area (Å²) in [4.78, 5) is 16.4. The van der Waals surface area contributed by atoms with Gasteiger partial charge in [-0.3, -0.25) is 5.32 Å². The molecule has 0 atom stereocenters. The van der Waals surface area contributed by atoms with Gasteiger partial charge in [-0.05, 0) is 52.7 Å². The Kier molecular flexibility index (Phi) is 3.90. The molecule has 3 aromatic rings. The number of thiazole rings is 1. The topological polar surface area (TPSA) is 54.0 Å². The molecule has 3 rings (SSSR count). The zero-order valence-corrected chi connectivity index (χ0v) is 13.6. The van der Waals surface area contributed by atoms with Crippen LogP contribution in [0.2, 0.25) is 0 Å². The molecule has 0 spiro atoms. The van der Waals surface area contributed by atoms with Gasteiger partial charge in [-0.15, -0.1) is 0 Å². The van der Waals surface area contributed by atoms with Gasteiger partial charge in [0.05, 0.1) is 10.2 Å². The van der Waals surface area contributed by atoms with Crippen LogP contribution in [0, 0.1) is 6.92 Å². The number of benzene rings is 2. The van der Waals surface area contributed by atoms with Crippen LogP contribution in [0.4, 0.5) is 15.6 Å². The Balaban J connectivity index is 1.75. The fourth-order valence-corrected chi connectivity index (χ4v) is 3.42. The third-order valence-electron chi connectivity index (χ3n) is 2.87. The lowest BCUT2D eigenvalue weighted by Gasteiger charge is -2.05. The van der Waals surface area contributed by atoms with Crippen LogP contribution in [-0.4, -0.2) is 11.0 Å². The number of aromatic nitrogens is 1. The number of amides is 2. The number of nitrogens with one attached hydrogen (secondary N) is 2. The summed E-state index contributed by atoms with van der Waals surface area (Å²) in [5.41, 5.74) is 2.71. The first-order valence-corrected chi connectivity index (χ1v) is 7.92. The second kappa shape index (κ2) is 5.83. The van der Waals surface area contributed by atoms with Gasteiger partial charge in [0.2, 0.25) is 0 Å². The largest absolute Gasteiger partial charge is 0.325 e. The summed E-state index contributed by atoms with van der Waals surface area (Å²) < 4.78 is 1.94. The van der Waals surface area contributed by atoms with Crippen molar-refractivity contribution >= 4 is 54.3 Å². The van der Waals surface area contributed by atoms with Gasteiger partial charge < -0.3 is 5.32 Å². The number of para-hydroxylation sites is 1. The molecule has 106 valence electrons. The summed E-state index contributed by atoms with van der Waals surface area (Å²) in [7, 11) is 0. The van der Waals surface area contributed by atoms with E-state index in [2.05, 4.69) is 31.5 Å². The minimum atomic E-state index is -0.296. The molecule has 0 saturated carbocycles. The maximum atomic E-state index is 12.0. The quantitative estimate of drug-likeness (QED) is 0.673. The minimum Gasteiger partial charge on any atom is -0.308 e. The smallest absolute Gasteiger partial charge is 0.308 e. The van der Waals surface area contributed by atoms with E-state index in [0.717, 1.165) is 25.9 Å². The van der Waals surface area contributed by atoms with Crippen LogP contribution < -0.4 is 10.6 Å².